The number of H-pyrrole nitrogens is 1. The second-order valence-electron chi connectivity index (χ2n) is 10.6. The smallest absolute Gasteiger partial charge is 0.283 e. The average Bonchev–Trinajstić information content (AvgIpc) is 3.48. The zero-order valence-electron chi connectivity index (χ0n) is 21.6. The van der Waals surface area contributed by atoms with Crippen LogP contribution in [0.1, 0.15) is 42.6 Å². The maximum atomic E-state index is 15.8. The summed E-state index contributed by atoms with van der Waals surface area (Å²) in [7, 11) is 0. The van der Waals surface area contributed by atoms with Gasteiger partial charge in [-0.15, -0.1) is 0 Å². The van der Waals surface area contributed by atoms with Crippen molar-refractivity contribution < 1.29 is 31.4 Å². The van der Waals surface area contributed by atoms with Crippen LogP contribution < -0.4 is 5.32 Å². The van der Waals surface area contributed by atoms with Crippen LogP contribution in [0.5, 0.6) is 0 Å². The molecule has 5 rings (SSSR count). The third-order valence-corrected chi connectivity index (χ3v) is 7.83. The van der Waals surface area contributed by atoms with Crippen LogP contribution in [0.2, 0.25) is 0 Å². The molecule has 39 heavy (non-hydrogen) atoms. The summed E-state index contributed by atoms with van der Waals surface area (Å²) in [5.41, 5.74) is 0.935. The molecular formula is C28H32F6N4O. The first-order valence-electron chi connectivity index (χ1n) is 13.2. The second-order valence-corrected chi connectivity index (χ2v) is 10.6. The molecule has 212 valence electrons. The van der Waals surface area contributed by atoms with Crippen molar-refractivity contribution in [1.82, 2.24) is 14.8 Å². The van der Waals surface area contributed by atoms with Crippen molar-refractivity contribution in [3.63, 3.8) is 0 Å². The fourth-order valence-corrected chi connectivity index (χ4v) is 6.04. The minimum Gasteiger partial charge on any atom is -0.390 e. The Hall–Kier alpha value is -2.76. The third kappa shape index (κ3) is 5.49. The number of fused-ring (bicyclic) bond motifs is 3. The Morgan fingerprint density at radius 2 is 1.87 bits per heavy atom. The number of rotatable bonds is 9. The van der Waals surface area contributed by atoms with Crippen LogP contribution in [-0.4, -0.2) is 77.4 Å². The van der Waals surface area contributed by atoms with Crippen LogP contribution in [0.4, 0.5) is 32.0 Å². The van der Waals surface area contributed by atoms with Crippen molar-refractivity contribution in [1.29, 1.82) is 0 Å². The number of alkyl halides is 3. The Kier molecular flexibility index (Phi) is 7.85. The highest BCUT2D eigenvalue weighted by Gasteiger charge is 2.43. The van der Waals surface area contributed by atoms with Crippen molar-refractivity contribution in [2.75, 3.05) is 44.8 Å². The lowest BCUT2D eigenvalue weighted by Gasteiger charge is -2.42. The normalized spacial score (nSPS) is 22.5. The molecule has 3 heterocycles. The van der Waals surface area contributed by atoms with Crippen LogP contribution in [0.15, 0.2) is 30.3 Å². The Morgan fingerprint density at radius 3 is 2.56 bits per heavy atom. The third-order valence-electron chi connectivity index (χ3n) is 7.83. The summed E-state index contributed by atoms with van der Waals surface area (Å²) in [5, 5.41) is 12.7. The first-order chi connectivity index (χ1) is 18.6. The number of aromatic nitrogens is 1. The zero-order valence-corrected chi connectivity index (χ0v) is 21.6. The molecule has 0 radical (unpaired) electrons. The molecule has 0 bridgehead atoms. The van der Waals surface area contributed by atoms with Crippen molar-refractivity contribution in [2.24, 2.45) is 0 Å². The minimum atomic E-state index is -3.52. The molecule has 1 aromatic heterocycles. The van der Waals surface area contributed by atoms with E-state index in [0.29, 0.717) is 30.6 Å². The Morgan fingerprint density at radius 1 is 1.13 bits per heavy atom. The van der Waals surface area contributed by atoms with Gasteiger partial charge in [0.1, 0.15) is 24.1 Å². The summed E-state index contributed by atoms with van der Waals surface area (Å²) >= 11 is 0. The Labute approximate surface area is 222 Å². The van der Waals surface area contributed by atoms with Gasteiger partial charge in [-0.2, -0.15) is 0 Å². The lowest BCUT2D eigenvalue weighted by Crippen LogP contribution is -2.49. The van der Waals surface area contributed by atoms with E-state index in [1.54, 1.807) is 13.0 Å². The standard InChI is InChI=1S/C28H32F6N4O/c1-16-10-19-24-20(30)4-2-5-23(24)36-26(19)27(38(16)14-28(33,34)15-39)25-21(31)11-18(12-22(25)32)35-17-6-9-37(13-17)8-3-7-29/h2,4-5,11-12,16-17,27,35-36,39H,3,6-10,13-15H2,1H3/t16-,17+,27-/m1/s1. The van der Waals surface area contributed by atoms with E-state index in [4.69, 9.17) is 0 Å². The van der Waals surface area contributed by atoms with E-state index in [-0.39, 0.29) is 29.2 Å². The van der Waals surface area contributed by atoms with E-state index < -0.39 is 60.8 Å². The molecule has 2 aromatic carbocycles. The number of hydrogen-bond donors (Lipinski definition) is 3. The molecule has 2 aliphatic rings. The molecule has 0 amide bonds. The number of benzene rings is 2. The lowest BCUT2D eigenvalue weighted by atomic mass is 9.87. The summed E-state index contributed by atoms with van der Waals surface area (Å²) in [5.74, 6) is -5.88. The van der Waals surface area contributed by atoms with Gasteiger partial charge in [-0.05, 0) is 56.0 Å². The van der Waals surface area contributed by atoms with Gasteiger partial charge >= 0.3 is 0 Å². The predicted molar refractivity (Wildman–Crippen MR) is 137 cm³/mol. The number of halogens is 6. The van der Waals surface area contributed by atoms with Crippen LogP contribution in [0, 0.1) is 17.5 Å². The van der Waals surface area contributed by atoms with Gasteiger partial charge in [0.05, 0.1) is 19.3 Å². The molecule has 3 aromatic rings. The topological polar surface area (TPSA) is 54.5 Å². The monoisotopic (exact) mass is 554 g/mol. The molecule has 0 unspecified atom stereocenters. The van der Waals surface area contributed by atoms with Gasteiger partial charge in [-0.3, -0.25) is 9.29 Å². The quantitative estimate of drug-likeness (QED) is 0.311. The Balaban J connectivity index is 1.53. The minimum absolute atomic E-state index is 0.0769. The molecule has 0 aliphatic carbocycles. The molecule has 0 spiro atoms. The maximum Gasteiger partial charge on any atom is 0.283 e. The van der Waals surface area contributed by atoms with E-state index >= 15 is 8.78 Å². The van der Waals surface area contributed by atoms with E-state index in [1.165, 1.54) is 17.0 Å². The molecule has 3 atom stereocenters. The van der Waals surface area contributed by atoms with Crippen molar-refractivity contribution in [3.8, 4) is 0 Å². The molecular weight excluding hydrogens is 522 g/mol. The number of anilines is 1. The second kappa shape index (κ2) is 11.0. The van der Waals surface area contributed by atoms with Gasteiger partial charge in [0.15, 0.2) is 0 Å². The fraction of sp³-hybridized carbons (Fsp3) is 0.500. The number of hydrogen-bond acceptors (Lipinski definition) is 4. The summed E-state index contributed by atoms with van der Waals surface area (Å²) in [6, 6.07) is 4.69. The van der Waals surface area contributed by atoms with Gasteiger partial charge in [0.25, 0.3) is 5.92 Å². The van der Waals surface area contributed by atoms with Crippen LogP contribution >= 0.6 is 0 Å². The van der Waals surface area contributed by atoms with E-state index in [1.807, 2.05) is 0 Å². The summed E-state index contributed by atoms with van der Waals surface area (Å²) in [4.78, 5) is 6.38. The SMILES string of the molecule is C[C@@H]1Cc2c([nH]c3cccc(F)c23)[C@@H](c2c(F)cc(N[C@H]3CCN(CCCF)C3)cc2F)N1CC(F)(F)CO. The summed E-state index contributed by atoms with van der Waals surface area (Å²) in [6.07, 6.45) is 1.33. The van der Waals surface area contributed by atoms with Gasteiger partial charge in [0, 0.05) is 59.6 Å². The number of nitrogens with zero attached hydrogens (tertiary/aromatic N) is 2. The predicted octanol–water partition coefficient (Wildman–Crippen LogP) is 5.39. The number of likely N-dealkylation sites (tertiary alicyclic amines) is 1. The molecule has 2 aliphatic heterocycles. The maximum absolute atomic E-state index is 15.8. The molecule has 3 N–H and O–H groups in total. The summed E-state index contributed by atoms with van der Waals surface area (Å²) in [6.45, 7) is 0.838. The Bertz CT molecular complexity index is 1310. The number of aliphatic hydroxyl groups is 1. The number of aliphatic hydroxyl groups excluding tert-OH is 1. The highest BCUT2D eigenvalue weighted by Crippen LogP contribution is 2.44. The first-order valence-corrected chi connectivity index (χ1v) is 13.2. The fourth-order valence-electron chi connectivity index (χ4n) is 6.04. The summed E-state index contributed by atoms with van der Waals surface area (Å²) < 4.78 is 87.8. The van der Waals surface area contributed by atoms with Crippen LogP contribution in [-0.2, 0) is 6.42 Å². The van der Waals surface area contributed by atoms with Crippen molar-refractivity contribution >= 4 is 16.6 Å². The highest BCUT2D eigenvalue weighted by atomic mass is 19.3. The average molecular weight is 555 g/mol. The van der Waals surface area contributed by atoms with Crippen LogP contribution in [0.25, 0.3) is 10.9 Å². The zero-order chi connectivity index (χ0) is 27.9. The van der Waals surface area contributed by atoms with Crippen molar-refractivity contribution in [3.05, 3.63) is 64.6 Å². The largest absolute Gasteiger partial charge is 0.390 e. The van der Waals surface area contributed by atoms with E-state index in [0.717, 1.165) is 25.1 Å². The molecule has 5 nitrogen and oxygen atoms in total. The molecule has 11 heteroatoms. The van der Waals surface area contributed by atoms with Crippen molar-refractivity contribution in [2.45, 2.75) is 50.2 Å². The van der Waals surface area contributed by atoms with Gasteiger partial charge in [-0.1, -0.05) is 6.07 Å². The van der Waals surface area contributed by atoms with E-state index in [2.05, 4.69) is 15.2 Å². The first kappa shape index (κ1) is 27.8. The van der Waals surface area contributed by atoms with Crippen LogP contribution in [0.3, 0.4) is 0 Å². The van der Waals surface area contributed by atoms with Gasteiger partial charge in [0.2, 0.25) is 0 Å². The highest BCUT2D eigenvalue weighted by molar-refractivity contribution is 5.86. The van der Waals surface area contributed by atoms with Gasteiger partial charge in [-0.25, -0.2) is 22.0 Å². The lowest BCUT2D eigenvalue weighted by molar-refractivity contribution is -0.0869. The van der Waals surface area contributed by atoms with Gasteiger partial charge < -0.3 is 20.3 Å². The number of aromatic amines is 1. The van der Waals surface area contributed by atoms with E-state index in [9.17, 15) is 22.7 Å². The molecule has 0 saturated carbocycles. The molecule has 1 saturated heterocycles. The molecule has 1 fully saturated rings. The number of nitrogens with one attached hydrogen (secondary N) is 2.